The van der Waals surface area contributed by atoms with E-state index < -0.39 is 22.8 Å². The van der Waals surface area contributed by atoms with E-state index in [9.17, 15) is 14.9 Å². The molecule has 1 rings (SSSR count). The average Bonchev–Trinajstić information content (AvgIpc) is 2.65. The van der Waals surface area contributed by atoms with E-state index in [-0.39, 0.29) is 6.54 Å². The lowest BCUT2D eigenvalue weighted by molar-refractivity contribution is -0.394. The van der Waals surface area contributed by atoms with Gasteiger partial charge in [0.25, 0.3) is 0 Å². The molecule has 0 bridgehead atoms. The fourth-order valence-electron chi connectivity index (χ4n) is 1.01. The Morgan fingerprint density at radius 3 is 2.93 bits per heavy atom. The van der Waals surface area contributed by atoms with Gasteiger partial charge in [0.2, 0.25) is 6.33 Å². The second kappa shape index (κ2) is 4.49. The van der Waals surface area contributed by atoms with E-state index in [1.54, 1.807) is 6.92 Å². The number of aromatic nitrogens is 3. The smallest absolute Gasteiger partial charge is 0.469 e. The minimum absolute atomic E-state index is 0.202. The van der Waals surface area contributed by atoms with Crippen LogP contribution in [-0.2, 0) is 16.1 Å². The van der Waals surface area contributed by atoms with Gasteiger partial charge in [-0.05, 0) is 4.92 Å². The van der Waals surface area contributed by atoms with Crippen molar-refractivity contribution in [1.29, 1.82) is 0 Å². The Hall–Kier alpha value is -1.99. The van der Waals surface area contributed by atoms with E-state index in [0.29, 0.717) is 0 Å². The number of ether oxygens (including phenoxy) is 1. The summed E-state index contributed by atoms with van der Waals surface area (Å²) in [5.74, 6) is -1.29. The van der Waals surface area contributed by atoms with Gasteiger partial charge in [-0.3, -0.25) is 4.79 Å². The van der Waals surface area contributed by atoms with Gasteiger partial charge in [-0.25, -0.2) is 0 Å². The number of esters is 1. The maximum atomic E-state index is 11.0. The van der Waals surface area contributed by atoms with Crippen molar-refractivity contribution in [3.05, 3.63) is 16.4 Å². The highest BCUT2D eigenvalue weighted by Gasteiger charge is 2.19. The van der Waals surface area contributed by atoms with Crippen molar-refractivity contribution in [3.8, 4) is 0 Å². The largest absolute Gasteiger partial charge is 0.490 e. The van der Waals surface area contributed by atoms with Gasteiger partial charge in [0.15, 0.2) is 0 Å². The molecule has 1 atom stereocenters. The highest BCUT2D eigenvalue weighted by molar-refractivity contribution is 5.71. The lowest BCUT2D eigenvalue weighted by Crippen LogP contribution is -2.19. The first-order valence-corrected chi connectivity index (χ1v) is 4.16. The summed E-state index contributed by atoms with van der Waals surface area (Å²) in [7, 11) is 1.28. The molecule has 0 aromatic carbocycles. The molecular weight excluding hydrogens is 204 g/mol. The van der Waals surface area contributed by atoms with Gasteiger partial charge >= 0.3 is 11.9 Å². The molecule has 0 fully saturated rings. The summed E-state index contributed by atoms with van der Waals surface area (Å²) in [6.45, 7) is 1.84. The van der Waals surface area contributed by atoms with Crippen LogP contribution in [0.4, 0.5) is 5.95 Å². The van der Waals surface area contributed by atoms with Crippen LogP contribution in [0, 0.1) is 16.0 Å². The summed E-state index contributed by atoms with van der Waals surface area (Å²) >= 11 is 0. The van der Waals surface area contributed by atoms with Gasteiger partial charge in [-0.1, -0.05) is 11.9 Å². The molecule has 1 aromatic heterocycles. The Morgan fingerprint density at radius 2 is 2.47 bits per heavy atom. The summed E-state index contributed by atoms with van der Waals surface area (Å²) < 4.78 is 5.74. The molecule has 0 aliphatic carbocycles. The normalized spacial score (nSPS) is 12.1. The van der Waals surface area contributed by atoms with Gasteiger partial charge in [0, 0.05) is 5.10 Å². The number of hydrogen-bond donors (Lipinski definition) is 0. The zero-order valence-electron chi connectivity index (χ0n) is 8.28. The van der Waals surface area contributed by atoms with E-state index >= 15 is 0 Å². The molecule has 0 saturated carbocycles. The Morgan fingerprint density at radius 1 is 1.80 bits per heavy atom. The van der Waals surface area contributed by atoms with E-state index in [2.05, 4.69) is 14.8 Å². The lowest BCUT2D eigenvalue weighted by Gasteiger charge is -2.05. The summed E-state index contributed by atoms with van der Waals surface area (Å²) in [5, 5.41) is 13.8. The van der Waals surface area contributed by atoms with Crippen LogP contribution in [0.2, 0.25) is 0 Å². The summed E-state index contributed by atoms with van der Waals surface area (Å²) in [4.78, 5) is 24.1. The van der Waals surface area contributed by atoms with Crippen molar-refractivity contribution in [2.45, 2.75) is 13.5 Å². The van der Waals surface area contributed by atoms with Gasteiger partial charge in [0.1, 0.15) is 0 Å². The summed E-state index contributed by atoms with van der Waals surface area (Å²) in [6, 6.07) is 0. The molecule has 1 aromatic rings. The predicted molar refractivity (Wildman–Crippen MR) is 47.9 cm³/mol. The number of carbonyl (C=O) groups is 1. The van der Waals surface area contributed by atoms with Gasteiger partial charge in [-0.2, -0.15) is 4.68 Å². The maximum absolute atomic E-state index is 11.0. The second-order valence-electron chi connectivity index (χ2n) is 2.95. The molecule has 0 aliphatic heterocycles. The van der Waals surface area contributed by atoms with E-state index in [0.717, 1.165) is 0 Å². The van der Waals surface area contributed by atoms with E-state index in [1.165, 1.54) is 18.1 Å². The SMILES string of the molecule is COC(=O)C(C)Cn1cnc([N+](=O)[O-])n1. The third kappa shape index (κ3) is 2.73. The van der Waals surface area contributed by atoms with Crippen molar-refractivity contribution in [1.82, 2.24) is 14.8 Å². The van der Waals surface area contributed by atoms with Gasteiger partial charge in [-0.15, -0.1) is 0 Å². The van der Waals surface area contributed by atoms with Crippen LogP contribution in [0.3, 0.4) is 0 Å². The first-order valence-electron chi connectivity index (χ1n) is 4.16. The molecule has 1 unspecified atom stereocenters. The van der Waals surface area contributed by atoms with Gasteiger partial charge < -0.3 is 14.9 Å². The van der Waals surface area contributed by atoms with Crippen molar-refractivity contribution < 1.29 is 14.5 Å². The fraction of sp³-hybridized carbons (Fsp3) is 0.571. The van der Waals surface area contributed by atoms with Crippen molar-refractivity contribution >= 4 is 11.9 Å². The zero-order chi connectivity index (χ0) is 11.4. The van der Waals surface area contributed by atoms with Crippen LogP contribution in [0.15, 0.2) is 6.33 Å². The van der Waals surface area contributed by atoms with Crippen LogP contribution in [0.5, 0.6) is 0 Å². The van der Waals surface area contributed by atoms with Crippen LogP contribution < -0.4 is 0 Å². The first kappa shape index (κ1) is 11.1. The summed E-state index contributed by atoms with van der Waals surface area (Å²) in [5.41, 5.74) is 0. The lowest BCUT2D eigenvalue weighted by atomic mass is 10.2. The molecule has 0 aliphatic rings. The Kier molecular flexibility index (Phi) is 3.32. The predicted octanol–water partition coefficient (Wildman–Crippen LogP) is -0.00460. The van der Waals surface area contributed by atoms with E-state index in [4.69, 9.17) is 0 Å². The fourth-order valence-corrected chi connectivity index (χ4v) is 1.01. The Bertz CT molecular complexity index is 375. The number of hydrogen-bond acceptors (Lipinski definition) is 6. The van der Waals surface area contributed by atoms with Crippen LogP contribution >= 0.6 is 0 Å². The van der Waals surface area contributed by atoms with Crippen molar-refractivity contribution in [3.63, 3.8) is 0 Å². The average molecular weight is 214 g/mol. The number of nitro groups is 1. The second-order valence-corrected chi connectivity index (χ2v) is 2.95. The molecule has 8 heteroatoms. The molecule has 0 radical (unpaired) electrons. The Balaban J connectivity index is 2.65. The highest BCUT2D eigenvalue weighted by Crippen LogP contribution is 2.04. The molecule has 15 heavy (non-hydrogen) atoms. The monoisotopic (exact) mass is 214 g/mol. The standard InChI is InChI=1S/C7H10N4O4/c1-5(6(12)15-2)3-10-4-8-7(9-10)11(13)14/h4-5H,3H2,1-2H3. The number of methoxy groups -OCH3 is 1. The summed E-state index contributed by atoms with van der Waals surface area (Å²) in [6.07, 6.45) is 1.21. The third-order valence-corrected chi connectivity index (χ3v) is 1.75. The molecule has 0 amide bonds. The third-order valence-electron chi connectivity index (χ3n) is 1.75. The van der Waals surface area contributed by atoms with Crippen LogP contribution in [0.25, 0.3) is 0 Å². The minimum Gasteiger partial charge on any atom is -0.469 e. The number of carbonyl (C=O) groups excluding carboxylic acids is 1. The van der Waals surface area contributed by atoms with Crippen molar-refractivity contribution in [2.75, 3.05) is 7.11 Å². The molecular formula is C7H10N4O4. The molecule has 1 heterocycles. The molecule has 8 nitrogen and oxygen atoms in total. The first-order chi connectivity index (χ1) is 7.04. The minimum atomic E-state index is -0.695. The molecule has 0 N–H and O–H groups in total. The molecule has 0 spiro atoms. The van der Waals surface area contributed by atoms with Crippen LogP contribution in [-0.4, -0.2) is 32.8 Å². The Labute approximate surface area is 85.0 Å². The number of rotatable bonds is 4. The molecule has 82 valence electrons. The highest BCUT2D eigenvalue weighted by atomic mass is 16.6. The zero-order valence-corrected chi connectivity index (χ0v) is 8.28. The topological polar surface area (TPSA) is 100 Å². The molecule has 0 saturated heterocycles. The van der Waals surface area contributed by atoms with Crippen LogP contribution in [0.1, 0.15) is 6.92 Å². The van der Waals surface area contributed by atoms with Gasteiger partial charge in [0.05, 0.1) is 19.6 Å². The maximum Gasteiger partial charge on any atom is 0.490 e. The number of nitrogens with zero attached hydrogens (tertiary/aromatic N) is 4. The van der Waals surface area contributed by atoms with E-state index in [1.807, 2.05) is 0 Å². The van der Waals surface area contributed by atoms with Crippen molar-refractivity contribution in [2.24, 2.45) is 5.92 Å². The quantitative estimate of drug-likeness (QED) is 0.397.